The lowest BCUT2D eigenvalue weighted by atomic mass is 10.1. The summed E-state index contributed by atoms with van der Waals surface area (Å²) in [6, 6.07) is 5.75. The Morgan fingerprint density at radius 3 is 2.77 bits per heavy atom. The van der Waals surface area contributed by atoms with Gasteiger partial charge in [-0.1, -0.05) is 17.3 Å². The number of carbonyl (C=O) groups is 2. The summed E-state index contributed by atoms with van der Waals surface area (Å²) in [6.45, 7) is 3.69. The summed E-state index contributed by atoms with van der Waals surface area (Å²) in [5, 5.41) is 10.1. The molecule has 0 saturated heterocycles. The predicted octanol–water partition coefficient (Wildman–Crippen LogP) is 0.902. The zero-order valence-electron chi connectivity index (χ0n) is 12.6. The van der Waals surface area contributed by atoms with Gasteiger partial charge < -0.3 is 15.8 Å². The number of methoxy groups -OCH3 is 1. The number of carbonyl (C=O) groups excluding carboxylic acids is 2. The lowest BCUT2D eigenvalue weighted by Crippen LogP contribution is -2.21. The molecule has 8 heteroatoms. The number of ether oxygens (including phenoxy) is 1. The van der Waals surface area contributed by atoms with Crippen molar-refractivity contribution in [2.45, 2.75) is 20.4 Å². The molecule has 22 heavy (non-hydrogen) atoms. The number of nitrogens with zero attached hydrogens (tertiary/aromatic N) is 3. The van der Waals surface area contributed by atoms with Gasteiger partial charge in [-0.25, -0.2) is 9.48 Å². The molecule has 3 N–H and O–H groups in total. The Balaban J connectivity index is 2.11. The van der Waals surface area contributed by atoms with Gasteiger partial charge in [0, 0.05) is 5.69 Å². The second kappa shape index (κ2) is 6.25. The lowest BCUT2D eigenvalue weighted by Gasteiger charge is -2.09. The molecule has 2 aromatic rings. The normalized spacial score (nSPS) is 10.3. The van der Waals surface area contributed by atoms with Crippen LogP contribution in [0.15, 0.2) is 18.2 Å². The summed E-state index contributed by atoms with van der Waals surface area (Å²) in [5.74, 6) is -1.02. The zero-order valence-corrected chi connectivity index (χ0v) is 12.6. The van der Waals surface area contributed by atoms with Crippen molar-refractivity contribution in [3.8, 4) is 0 Å². The molecule has 2 rings (SSSR count). The molecule has 0 aliphatic carbocycles. The average molecular weight is 303 g/mol. The van der Waals surface area contributed by atoms with Gasteiger partial charge in [-0.05, 0) is 31.0 Å². The first-order chi connectivity index (χ1) is 10.4. The maximum Gasteiger partial charge on any atom is 0.362 e. The molecule has 0 radical (unpaired) electrons. The van der Waals surface area contributed by atoms with E-state index >= 15 is 0 Å². The van der Waals surface area contributed by atoms with Crippen molar-refractivity contribution in [3.05, 3.63) is 35.0 Å². The van der Waals surface area contributed by atoms with E-state index in [1.54, 1.807) is 0 Å². The van der Waals surface area contributed by atoms with Crippen LogP contribution in [0.25, 0.3) is 0 Å². The fourth-order valence-electron chi connectivity index (χ4n) is 1.88. The molecule has 0 aliphatic rings. The van der Waals surface area contributed by atoms with Crippen LogP contribution in [0.5, 0.6) is 0 Å². The van der Waals surface area contributed by atoms with Crippen molar-refractivity contribution in [2.75, 3.05) is 18.2 Å². The smallest absolute Gasteiger partial charge is 0.362 e. The van der Waals surface area contributed by atoms with Crippen LogP contribution in [-0.4, -0.2) is 34.0 Å². The standard InChI is InChI=1S/C14H17N5O3/c1-8-4-5-9(2)10(6-8)16-11(20)7-19-13(15)12(17-18-19)14(21)22-3/h4-6H,7,15H2,1-3H3,(H,16,20). The highest BCUT2D eigenvalue weighted by Gasteiger charge is 2.19. The fourth-order valence-corrected chi connectivity index (χ4v) is 1.88. The number of benzene rings is 1. The van der Waals surface area contributed by atoms with Crippen LogP contribution >= 0.6 is 0 Å². The van der Waals surface area contributed by atoms with Gasteiger partial charge in [0.25, 0.3) is 0 Å². The van der Waals surface area contributed by atoms with Crippen LogP contribution < -0.4 is 11.1 Å². The fraction of sp³-hybridized carbons (Fsp3) is 0.286. The van der Waals surface area contributed by atoms with E-state index in [1.807, 2.05) is 32.0 Å². The molecular weight excluding hydrogens is 286 g/mol. The molecule has 116 valence electrons. The SMILES string of the molecule is COC(=O)c1nnn(CC(=O)Nc2cc(C)ccc2C)c1N. The van der Waals surface area contributed by atoms with E-state index < -0.39 is 5.97 Å². The third kappa shape index (κ3) is 3.22. The van der Waals surface area contributed by atoms with E-state index in [0.29, 0.717) is 0 Å². The Bertz CT molecular complexity index is 723. The first kappa shape index (κ1) is 15.5. The number of hydrogen-bond donors (Lipinski definition) is 2. The van der Waals surface area contributed by atoms with Gasteiger partial charge in [-0.2, -0.15) is 0 Å². The number of hydrogen-bond acceptors (Lipinski definition) is 6. The Labute approximate surface area is 127 Å². The van der Waals surface area contributed by atoms with E-state index in [4.69, 9.17) is 5.73 Å². The maximum atomic E-state index is 12.1. The molecule has 0 atom stereocenters. The molecule has 0 aliphatic heterocycles. The number of nitrogens with one attached hydrogen (secondary N) is 1. The Hall–Kier alpha value is -2.90. The summed E-state index contributed by atoms with van der Waals surface area (Å²) in [4.78, 5) is 23.5. The lowest BCUT2D eigenvalue weighted by molar-refractivity contribution is -0.116. The quantitative estimate of drug-likeness (QED) is 0.812. The summed E-state index contributed by atoms with van der Waals surface area (Å²) >= 11 is 0. The Morgan fingerprint density at radius 2 is 2.09 bits per heavy atom. The second-order valence-electron chi connectivity index (χ2n) is 4.84. The summed E-state index contributed by atoms with van der Waals surface area (Å²) < 4.78 is 5.67. The van der Waals surface area contributed by atoms with E-state index in [0.717, 1.165) is 21.5 Å². The first-order valence-electron chi connectivity index (χ1n) is 6.56. The summed E-state index contributed by atoms with van der Waals surface area (Å²) in [6.07, 6.45) is 0. The minimum Gasteiger partial charge on any atom is -0.464 e. The van der Waals surface area contributed by atoms with E-state index in [9.17, 15) is 9.59 Å². The molecule has 0 bridgehead atoms. The van der Waals surface area contributed by atoms with Gasteiger partial charge in [0.1, 0.15) is 6.54 Å². The predicted molar refractivity (Wildman–Crippen MR) is 80.3 cm³/mol. The number of anilines is 2. The van der Waals surface area contributed by atoms with Crippen LogP contribution in [0, 0.1) is 13.8 Å². The summed E-state index contributed by atoms with van der Waals surface area (Å²) in [5.41, 5.74) is 8.32. The van der Waals surface area contributed by atoms with Gasteiger partial charge in [-0.15, -0.1) is 5.10 Å². The number of rotatable bonds is 4. The molecule has 8 nitrogen and oxygen atoms in total. The van der Waals surface area contributed by atoms with Crippen LogP contribution in [-0.2, 0) is 16.1 Å². The molecule has 1 aromatic heterocycles. The van der Waals surface area contributed by atoms with Crippen LogP contribution in [0.3, 0.4) is 0 Å². The maximum absolute atomic E-state index is 12.1. The number of amides is 1. The average Bonchev–Trinajstić information content (AvgIpc) is 2.83. The van der Waals surface area contributed by atoms with E-state index in [-0.39, 0.29) is 24.0 Å². The summed E-state index contributed by atoms with van der Waals surface area (Å²) in [7, 11) is 1.22. The molecule has 0 fully saturated rings. The molecular formula is C14H17N5O3. The Morgan fingerprint density at radius 1 is 1.36 bits per heavy atom. The molecule has 1 heterocycles. The van der Waals surface area contributed by atoms with Crippen molar-refractivity contribution >= 4 is 23.4 Å². The molecule has 0 unspecified atom stereocenters. The number of esters is 1. The first-order valence-corrected chi connectivity index (χ1v) is 6.56. The highest BCUT2D eigenvalue weighted by atomic mass is 16.5. The number of nitrogens with two attached hydrogens (primary N) is 1. The van der Waals surface area contributed by atoms with Crippen LogP contribution in [0.4, 0.5) is 11.5 Å². The van der Waals surface area contributed by atoms with Crippen molar-refractivity contribution in [2.24, 2.45) is 0 Å². The van der Waals surface area contributed by atoms with Gasteiger partial charge in [0.15, 0.2) is 5.82 Å². The highest BCUT2D eigenvalue weighted by Crippen LogP contribution is 2.16. The second-order valence-corrected chi connectivity index (χ2v) is 4.84. The Kier molecular flexibility index (Phi) is 4.40. The minimum absolute atomic E-state index is 0.0111. The van der Waals surface area contributed by atoms with Crippen LogP contribution in [0.2, 0.25) is 0 Å². The van der Waals surface area contributed by atoms with Gasteiger partial charge in [-0.3, -0.25) is 4.79 Å². The molecule has 1 amide bonds. The van der Waals surface area contributed by atoms with Crippen molar-refractivity contribution in [3.63, 3.8) is 0 Å². The van der Waals surface area contributed by atoms with Crippen molar-refractivity contribution in [1.82, 2.24) is 15.0 Å². The van der Waals surface area contributed by atoms with Crippen molar-refractivity contribution in [1.29, 1.82) is 0 Å². The highest BCUT2D eigenvalue weighted by molar-refractivity contribution is 5.93. The molecule has 1 aromatic carbocycles. The van der Waals surface area contributed by atoms with Gasteiger partial charge in [0.05, 0.1) is 7.11 Å². The third-order valence-electron chi connectivity index (χ3n) is 3.11. The van der Waals surface area contributed by atoms with E-state index in [1.165, 1.54) is 7.11 Å². The zero-order chi connectivity index (χ0) is 16.3. The van der Waals surface area contributed by atoms with Gasteiger partial charge >= 0.3 is 5.97 Å². The third-order valence-corrected chi connectivity index (χ3v) is 3.11. The molecule has 0 spiro atoms. The van der Waals surface area contributed by atoms with Gasteiger partial charge in [0.2, 0.25) is 11.6 Å². The van der Waals surface area contributed by atoms with E-state index in [2.05, 4.69) is 20.4 Å². The number of aryl methyl sites for hydroxylation is 2. The monoisotopic (exact) mass is 303 g/mol. The largest absolute Gasteiger partial charge is 0.464 e. The number of nitrogen functional groups attached to an aromatic ring is 1. The van der Waals surface area contributed by atoms with Crippen LogP contribution in [0.1, 0.15) is 21.6 Å². The van der Waals surface area contributed by atoms with Crippen molar-refractivity contribution < 1.29 is 14.3 Å². The minimum atomic E-state index is -0.696. The molecule has 0 saturated carbocycles. The number of aromatic nitrogens is 3. The topological polar surface area (TPSA) is 112 Å².